The average molecular weight is 300 g/mol. The molecule has 20 heavy (non-hydrogen) atoms. The van der Waals surface area contributed by atoms with Gasteiger partial charge in [0.1, 0.15) is 0 Å². The van der Waals surface area contributed by atoms with Gasteiger partial charge in [0.25, 0.3) is 5.91 Å². The fourth-order valence-electron chi connectivity index (χ4n) is 2.32. The Bertz CT molecular complexity index is 507. The van der Waals surface area contributed by atoms with Crippen molar-refractivity contribution in [3.8, 4) is 0 Å². The van der Waals surface area contributed by atoms with Crippen molar-refractivity contribution >= 4 is 18.3 Å². The Kier molecular flexibility index (Phi) is 6.23. The SMILES string of the molecule is CC(C)Cc1cc(C(=O)N2CCNCC2)cc(=O)[nH]1.Cl. The molecule has 0 aromatic carbocycles. The van der Waals surface area contributed by atoms with Gasteiger partial charge in [-0.2, -0.15) is 0 Å². The number of pyridine rings is 1. The zero-order valence-electron chi connectivity index (χ0n) is 11.9. The van der Waals surface area contributed by atoms with Crippen LogP contribution in [0.15, 0.2) is 16.9 Å². The highest BCUT2D eigenvalue weighted by Gasteiger charge is 2.18. The summed E-state index contributed by atoms with van der Waals surface area (Å²) in [6.45, 7) is 7.20. The van der Waals surface area contributed by atoms with Gasteiger partial charge in [-0.05, 0) is 18.4 Å². The van der Waals surface area contributed by atoms with Crippen LogP contribution in [0, 0.1) is 5.92 Å². The Hall–Kier alpha value is -1.33. The summed E-state index contributed by atoms with van der Waals surface area (Å²) in [6.07, 6.45) is 0.776. The van der Waals surface area contributed by atoms with E-state index >= 15 is 0 Å². The lowest BCUT2D eigenvalue weighted by Gasteiger charge is -2.27. The Morgan fingerprint density at radius 3 is 2.55 bits per heavy atom. The van der Waals surface area contributed by atoms with Gasteiger partial charge >= 0.3 is 0 Å². The number of amides is 1. The number of piperazine rings is 1. The number of aromatic amines is 1. The fraction of sp³-hybridized carbons (Fsp3) is 0.571. The van der Waals surface area contributed by atoms with Crippen LogP contribution < -0.4 is 10.9 Å². The molecule has 1 aromatic heterocycles. The molecule has 6 heteroatoms. The monoisotopic (exact) mass is 299 g/mol. The molecule has 1 aromatic rings. The maximum Gasteiger partial charge on any atom is 0.254 e. The van der Waals surface area contributed by atoms with E-state index in [2.05, 4.69) is 24.1 Å². The summed E-state index contributed by atoms with van der Waals surface area (Å²) in [5, 5.41) is 3.21. The van der Waals surface area contributed by atoms with E-state index in [-0.39, 0.29) is 23.9 Å². The Balaban J connectivity index is 0.00000200. The molecule has 0 bridgehead atoms. The van der Waals surface area contributed by atoms with Crippen LogP contribution in [0.5, 0.6) is 0 Å². The fourth-order valence-corrected chi connectivity index (χ4v) is 2.32. The summed E-state index contributed by atoms with van der Waals surface area (Å²) in [4.78, 5) is 28.6. The molecule has 112 valence electrons. The van der Waals surface area contributed by atoms with Crippen molar-refractivity contribution in [2.24, 2.45) is 5.92 Å². The molecule has 1 saturated heterocycles. The minimum atomic E-state index is -0.198. The van der Waals surface area contributed by atoms with E-state index in [1.807, 2.05) is 6.07 Å². The zero-order chi connectivity index (χ0) is 13.8. The van der Waals surface area contributed by atoms with Gasteiger partial charge in [0.05, 0.1) is 0 Å². The van der Waals surface area contributed by atoms with Crippen molar-refractivity contribution in [3.05, 3.63) is 33.7 Å². The normalized spacial score (nSPS) is 15.1. The number of hydrogen-bond donors (Lipinski definition) is 2. The molecule has 5 nitrogen and oxygen atoms in total. The first kappa shape index (κ1) is 16.7. The van der Waals surface area contributed by atoms with E-state index in [9.17, 15) is 9.59 Å². The first-order chi connectivity index (χ1) is 9.06. The quantitative estimate of drug-likeness (QED) is 0.876. The largest absolute Gasteiger partial charge is 0.336 e. The summed E-state index contributed by atoms with van der Waals surface area (Å²) in [6, 6.07) is 3.21. The second-order valence-corrected chi connectivity index (χ2v) is 5.40. The number of carbonyl (C=O) groups excluding carboxylic acids is 1. The maximum atomic E-state index is 12.3. The van der Waals surface area contributed by atoms with Crippen molar-refractivity contribution in [1.82, 2.24) is 15.2 Å². The third-order valence-corrected chi connectivity index (χ3v) is 3.18. The number of nitrogens with one attached hydrogen (secondary N) is 2. The van der Waals surface area contributed by atoms with Crippen molar-refractivity contribution in [2.45, 2.75) is 20.3 Å². The third-order valence-electron chi connectivity index (χ3n) is 3.18. The molecule has 2 heterocycles. The minimum absolute atomic E-state index is 0. The number of aromatic nitrogens is 1. The van der Waals surface area contributed by atoms with Crippen molar-refractivity contribution in [1.29, 1.82) is 0 Å². The van der Waals surface area contributed by atoms with Gasteiger partial charge in [-0.3, -0.25) is 9.59 Å². The molecular weight excluding hydrogens is 278 g/mol. The summed E-state index contributed by atoms with van der Waals surface area (Å²) in [5.41, 5.74) is 1.14. The Labute approximate surface area is 125 Å². The van der Waals surface area contributed by atoms with Crippen LogP contribution in [0.2, 0.25) is 0 Å². The molecule has 1 fully saturated rings. The number of H-pyrrole nitrogens is 1. The first-order valence-electron chi connectivity index (χ1n) is 6.79. The van der Waals surface area contributed by atoms with E-state index in [0.29, 0.717) is 24.6 Å². The lowest BCUT2D eigenvalue weighted by Crippen LogP contribution is -2.46. The van der Waals surface area contributed by atoms with Gasteiger partial charge in [0, 0.05) is 43.5 Å². The lowest BCUT2D eigenvalue weighted by molar-refractivity contribution is 0.0735. The molecular formula is C14H22ClN3O2. The number of halogens is 1. The summed E-state index contributed by atoms with van der Waals surface area (Å²) in [5.74, 6) is 0.401. The summed E-state index contributed by atoms with van der Waals surface area (Å²) in [7, 11) is 0. The van der Waals surface area contributed by atoms with Gasteiger partial charge in [-0.1, -0.05) is 13.8 Å². The molecule has 2 N–H and O–H groups in total. The molecule has 2 rings (SSSR count). The highest BCUT2D eigenvalue weighted by Crippen LogP contribution is 2.09. The Morgan fingerprint density at radius 2 is 1.95 bits per heavy atom. The molecule has 1 aliphatic heterocycles. The van der Waals surface area contributed by atoms with E-state index < -0.39 is 0 Å². The molecule has 0 aliphatic carbocycles. The zero-order valence-corrected chi connectivity index (χ0v) is 12.8. The van der Waals surface area contributed by atoms with E-state index in [1.54, 1.807) is 4.90 Å². The number of rotatable bonds is 3. The van der Waals surface area contributed by atoms with Gasteiger partial charge in [0.2, 0.25) is 5.56 Å². The van der Waals surface area contributed by atoms with Crippen LogP contribution in [-0.4, -0.2) is 42.0 Å². The number of nitrogens with zero attached hydrogens (tertiary/aromatic N) is 1. The number of carbonyl (C=O) groups is 1. The second kappa shape index (κ2) is 7.45. The maximum absolute atomic E-state index is 12.3. The van der Waals surface area contributed by atoms with Crippen LogP contribution in [0.4, 0.5) is 0 Å². The molecule has 1 amide bonds. The predicted molar refractivity (Wildman–Crippen MR) is 81.6 cm³/mol. The topological polar surface area (TPSA) is 65.2 Å². The van der Waals surface area contributed by atoms with Crippen LogP contribution in [0.3, 0.4) is 0 Å². The predicted octanol–water partition coefficient (Wildman–Crippen LogP) is 1.04. The van der Waals surface area contributed by atoms with Crippen LogP contribution >= 0.6 is 12.4 Å². The van der Waals surface area contributed by atoms with Crippen LogP contribution in [0.1, 0.15) is 29.9 Å². The van der Waals surface area contributed by atoms with Crippen molar-refractivity contribution in [3.63, 3.8) is 0 Å². The minimum Gasteiger partial charge on any atom is -0.336 e. The molecule has 0 unspecified atom stereocenters. The van der Waals surface area contributed by atoms with Gasteiger partial charge in [-0.15, -0.1) is 12.4 Å². The van der Waals surface area contributed by atoms with Crippen molar-refractivity contribution in [2.75, 3.05) is 26.2 Å². The summed E-state index contributed by atoms with van der Waals surface area (Å²) < 4.78 is 0. The highest BCUT2D eigenvalue weighted by molar-refractivity contribution is 5.94. The van der Waals surface area contributed by atoms with Crippen LogP contribution in [0.25, 0.3) is 0 Å². The van der Waals surface area contributed by atoms with E-state index in [1.165, 1.54) is 6.07 Å². The van der Waals surface area contributed by atoms with Gasteiger partial charge in [0.15, 0.2) is 0 Å². The third kappa shape index (κ3) is 4.35. The molecule has 1 aliphatic rings. The van der Waals surface area contributed by atoms with Gasteiger partial charge < -0.3 is 15.2 Å². The lowest BCUT2D eigenvalue weighted by atomic mass is 10.1. The molecule has 0 atom stereocenters. The first-order valence-corrected chi connectivity index (χ1v) is 6.79. The van der Waals surface area contributed by atoms with Crippen molar-refractivity contribution < 1.29 is 4.79 Å². The van der Waals surface area contributed by atoms with Gasteiger partial charge in [-0.25, -0.2) is 0 Å². The highest BCUT2D eigenvalue weighted by atomic mass is 35.5. The Morgan fingerprint density at radius 1 is 1.30 bits per heavy atom. The smallest absolute Gasteiger partial charge is 0.254 e. The van der Waals surface area contributed by atoms with E-state index in [0.717, 1.165) is 25.2 Å². The summed E-state index contributed by atoms with van der Waals surface area (Å²) >= 11 is 0. The number of hydrogen-bond acceptors (Lipinski definition) is 3. The van der Waals surface area contributed by atoms with Crippen LogP contribution in [-0.2, 0) is 6.42 Å². The molecule has 0 spiro atoms. The van der Waals surface area contributed by atoms with E-state index in [4.69, 9.17) is 0 Å². The standard InChI is InChI=1S/C14H21N3O2.ClH/c1-10(2)7-12-8-11(9-13(18)16-12)14(19)17-5-3-15-4-6-17;/h8-10,15H,3-7H2,1-2H3,(H,16,18);1H. The molecule has 0 radical (unpaired) electrons. The average Bonchev–Trinajstić information content (AvgIpc) is 2.37. The second-order valence-electron chi connectivity index (χ2n) is 5.40. The molecule has 0 saturated carbocycles.